The van der Waals surface area contributed by atoms with Gasteiger partial charge in [-0.1, -0.05) is 5.16 Å². The summed E-state index contributed by atoms with van der Waals surface area (Å²) in [6, 6.07) is 4.04. The molecular weight excluding hydrogens is 204 g/mol. The molecule has 1 atom stereocenters. The van der Waals surface area contributed by atoms with Gasteiger partial charge in [0.05, 0.1) is 18.0 Å². The van der Waals surface area contributed by atoms with Gasteiger partial charge in [-0.3, -0.25) is 0 Å². The van der Waals surface area contributed by atoms with E-state index in [1.807, 2.05) is 26.0 Å². The molecule has 0 saturated heterocycles. The lowest BCUT2D eigenvalue weighted by molar-refractivity contribution is 0.390. The molecule has 2 rings (SSSR count). The van der Waals surface area contributed by atoms with Crippen molar-refractivity contribution in [3.05, 3.63) is 41.2 Å². The normalized spacial score (nSPS) is 12.9. The van der Waals surface area contributed by atoms with Gasteiger partial charge in [0, 0.05) is 12.1 Å². The van der Waals surface area contributed by atoms with Crippen LogP contribution in [0.1, 0.15) is 35.7 Å². The van der Waals surface area contributed by atoms with Gasteiger partial charge in [-0.2, -0.15) is 0 Å². The van der Waals surface area contributed by atoms with Crippen LogP contribution >= 0.6 is 0 Å². The standard InChI is InChI=1S/C12H16N2O2/c1-8-11(10(3)16-14-8)7-13-9(2)12-5-4-6-15-12/h4-6,9,13H,7H2,1-3H3. The molecule has 4 nitrogen and oxygen atoms in total. The highest BCUT2D eigenvalue weighted by Gasteiger charge is 2.12. The van der Waals surface area contributed by atoms with E-state index >= 15 is 0 Å². The second kappa shape index (κ2) is 4.53. The minimum atomic E-state index is 0.184. The molecule has 4 heteroatoms. The van der Waals surface area contributed by atoms with Crippen molar-refractivity contribution >= 4 is 0 Å². The third-order valence-corrected chi connectivity index (χ3v) is 2.74. The maximum atomic E-state index is 5.32. The Morgan fingerprint density at radius 2 is 2.25 bits per heavy atom. The van der Waals surface area contributed by atoms with Crippen molar-refractivity contribution in [3.63, 3.8) is 0 Å². The Morgan fingerprint density at radius 3 is 2.81 bits per heavy atom. The predicted octanol–water partition coefficient (Wildman–Crippen LogP) is 2.74. The largest absolute Gasteiger partial charge is 0.468 e. The SMILES string of the molecule is Cc1noc(C)c1CNC(C)c1ccco1. The Hall–Kier alpha value is -1.55. The third-order valence-electron chi connectivity index (χ3n) is 2.74. The molecule has 0 fully saturated rings. The van der Waals surface area contributed by atoms with E-state index in [2.05, 4.69) is 17.4 Å². The first-order valence-corrected chi connectivity index (χ1v) is 5.37. The Bertz CT molecular complexity index is 426. The number of hydrogen-bond acceptors (Lipinski definition) is 4. The first kappa shape index (κ1) is 11.0. The van der Waals surface area contributed by atoms with Crippen LogP contribution in [0.15, 0.2) is 27.3 Å². The van der Waals surface area contributed by atoms with E-state index in [1.54, 1.807) is 6.26 Å². The van der Waals surface area contributed by atoms with Crippen LogP contribution < -0.4 is 5.32 Å². The van der Waals surface area contributed by atoms with E-state index in [4.69, 9.17) is 8.94 Å². The van der Waals surface area contributed by atoms with Gasteiger partial charge in [0.15, 0.2) is 0 Å². The van der Waals surface area contributed by atoms with E-state index in [1.165, 1.54) is 0 Å². The van der Waals surface area contributed by atoms with Crippen molar-refractivity contribution in [2.24, 2.45) is 0 Å². The molecule has 2 heterocycles. The van der Waals surface area contributed by atoms with E-state index in [-0.39, 0.29) is 6.04 Å². The second-order valence-electron chi connectivity index (χ2n) is 3.92. The van der Waals surface area contributed by atoms with E-state index in [0.29, 0.717) is 0 Å². The summed E-state index contributed by atoms with van der Waals surface area (Å²) < 4.78 is 10.4. The molecule has 0 bridgehead atoms. The molecule has 0 aromatic carbocycles. The number of nitrogens with one attached hydrogen (secondary N) is 1. The van der Waals surface area contributed by atoms with Gasteiger partial charge in [0.25, 0.3) is 0 Å². The zero-order chi connectivity index (χ0) is 11.5. The van der Waals surface area contributed by atoms with Gasteiger partial charge in [-0.25, -0.2) is 0 Å². The molecule has 2 aromatic heterocycles. The summed E-state index contributed by atoms with van der Waals surface area (Å²) in [7, 11) is 0. The fourth-order valence-electron chi connectivity index (χ4n) is 1.65. The van der Waals surface area contributed by atoms with Crippen LogP contribution in [-0.2, 0) is 6.54 Å². The van der Waals surface area contributed by atoms with Gasteiger partial charge >= 0.3 is 0 Å². The smallest absolute Gasteiger partial charge is 0.138 e. The summed E-state index contributed by atoms with van der Waals surface area (Å²) in [5.74, 6) is 1.81. The topological polar surface area (TPSA) is 51.2 Å². The minimum absolute atomic E-state index is 0.184. The van der Waals surface area contributed by atoms with Crippen LogP contribution in [0, 0.1) is 13.8 Å². The number of rotatable bonds is 4. The van der Waals surface area contributed by atoms with Crippen LogP contribution in [0.5, 0.6) is 0 Å². The minimum Gasteiger partial charge on any atom is -0.468 e. The lowest BCUT2D eigenvalue weighted by Gasteiger charge is -2.10. The molecule has 0 amide bonds. The Balaban J connectivity index is 1.98. The zero-order valence-corrected chi connectivity index (χ0v) is 9.78. The number of furan rings is 1. The number of hydrogen-bond donors (Lipinski definition) is 1. The van der Waals surface area contributed by atoms with Crippen LogP contribution in [-0.4, -0.2) is 5.16 Å². The van der Waals surface area contributed by atoms with Crippen molar-refractivity contribution in [3.8, 4) is 0 Å². The molecule has 1 N–H and O–H groups in total. The van der Waals surface area contributed by atoms with Gasteiger partial charge in [-0.05, 0) is 32.9 Å². The second-order valence-corrected chi connectivity index (χ2v) is 3.92. The molecule has 0 saturated carbocycles. The molecule has 0 aliphatic carbocycles. The maximum Gasteiger partial charge on any atom is 0.138 e. The molecule has 0 radical (unpaired) electrons. The van der Waals surface area contributed by atoms with Crippen LogP contribution in [0.2, 0.25) is 0 Å². The van der Waals surface area contributed by atoms with Gasteiger partial charge in [0.1, 0.15) is 11.5 Å². The van der Waals surface area contributed by atoms with E-state index in [0.717, 1.165) is 29.3 Å². The lowest BCUT2D eigenvalue weighted by Crippen LogP contribution is -2.18. The summed E-state index contributed by atoms with van der Waals surface area (Å²) in [6.45, 7) is 6.68. The van der Waals surface area contributed by atoms with Crippen LogP contribution in [0.3, 0.4) is 0 Å². The highest BCUT2D eigenvalue weighted by atomic mass is 16.5. The Morgan fingerprint density at radius 1 is 1.44 bits per heavy atom. The van der Waals surface area contributed by atoms with Crippen LogP contribution in [0.25, 0.3) is 0 Å². The fraction of sp³-hybridized carbons (Fsp3) is 0.417. The Kier molecular flexibility index (Phi) is 3.10. The van der Waals surface area contributed by atoms with E-state index in [9.17, 15) is 0 Å². The number of aromatic nitrogens is 1. The third kappa shape index (κ3) is 2.17. The van der Waals surface area contributed by atoms with Crippen molar-refractivity contribution < 1.29 is 8.94 Å². The quantitative estimate of drug-likeness (QED) is 0.860. The van der Waals surface area contributed by atoms with Crippen molar-refractivity contribution in [1.82, 2.24) is 10.5 Å². The van der Waals surface area contributed by atoms with Gasteiger partial charge in [0.2, 0.25) is 0 Å². The predicted molar refractivity (Wildman–Crippen MR) is 59.9 cm³/mol. The lowest BCUT2D eigenvalue weighted by atomic mass is 10.2. The van der Waals surface area contributed by atoms with Crippen molar-refractivity contribution in [2.75, 3.05) is 0 Å². The van der Waals surface area contributed by atoms with Gasteiger partial charge < -0.3 is 14.3 Å². The molecule has 2 aromatic rings. The molecule has 86 valence electrons. The summed E-state index contributed by atoms with van der Waals surface area (Å²) >= 11 is 0. The zero-order valence-electron chi connectivity index (χ0n) is 9.78. The van der Waals surface area contributed by atoms with Gasteiger partial charge in [-0.15, -0.1) is 0 Å². The first-order chi connectivity index (χ1) is 7.68. The average Bonchev–Trinajstić information content (AvgIpc) is 2.87. The molecular formula is C12H16N2O2. The molecule has 1 unspecified atom stereocenters. The molecule has 16 heavy (non-hydrogen) atoms. The highest BCUT2D eigenvalue weighted by Crippen LogP contribution is 2.16. The van der Waals surface area contributed by atoms with Crippen molar-refractivity contribution in [1.29, 1.82) is 0 Å². The van der Waals surface area contributed by atoms with Crippen molar-refractivity contribution in [2.45, 2.75) is 33.4 Å². The average molecular weight is 220 g/mol. The first-order valence-electron chi connectivity index (χ1n) is 5.37. The van der Waals surface area contributed by atoms with E-state index < -0.39 is 0 Å². The summed E-state index contributed by atoms with van der Waals surface area (Å²) in [5.41, 5.74) is 2.06. The molecule has 0 aliphatic rings. The molecule has 0 aliphatic heterocycles. The number of nitrogens with zero attached hydrogens (tertiary/aromatic N) is 1. The fourth-order valence-corrected chi connectivity index (χ4v) is 1.65. The molecule has 0 spiro atoms. The number of aryl methyl sites for hydroxylation is 2. The summed E-state index contributed by atoms with van der Waals surface area (Å²) in [4.78, 5) is 0. The highest BCUT2D eigenvalue weighted by molar-refractivity contribution is 5.20. The monoisotopic (exact) mass is 220 g/mol. The summed E-state index contributed by atoms with van der Waals surface area (Å²) in [5, 5.41) is 7.29. The Labute approximate surface area is 94.6 Å². The summed E-state index contributed by atoms with van der Waals surface area (Å²) in [6.07, 6.45) is 1.68. The maximum absolute atomic E-state index is 5.32. The van der Waals surface area contributed by atoms with Crippen LogP contribution in [0.4, 0.5) is 0 Å².